The van der Waals surface area contributed by atoms with E-state index in [-0.39, 0.29) is 0 Å². The van der Waals surface area contributed by atoms with Crippen LogP contribution in [-0.2, 0) is 13.2 Å². The summed E-state index contributed by atoms with van der Waals surface area (Å²) in [6, 6.07) is 26.1. The third-order valence-corrected chi connectivity index (χ3v) is 3.94. The molecule has 0 aliphatic heterocycles. The predicted octanol–water partition coefficient (Wildman–Crippen LogP) is 4.79. The number of benzene rings is 3. The summed E-state index contributed by atoms with van der Waals surface area (Å²) in [5, 5.41) is 4.29. The van der Waals surface area contributed by atoms with Crippen LogP contribution in [0.15, 0.2) is 84.0 Å². The van der Waals surface area contributed by atoms with E-state index in [0.29, 0.717) is 19.8 Å². The first-order valence-corrected chi connectivity index (χ1v) is 9.08. The monoisotopic (exact) mass is 360 g/mol. The van der Waals surface area contributed by atoms with Gasteiger partial charge in [0.15, 0.2) is 11.5 Å². The number of ether oxygens (including phenoxy) is 2. The number of nitrogens with one attached hydrogen (secondary N) is 1. The zero-order chi connectivity index (χ0) is 18.7. The summed E-state index contributed by atoms with van der Waals surface area (Å²) >= 11 is 0. The van der Waals surface area contributed by atoms with E-state index < -0.39 is 0 Å². The van der Waals surface area contributed by atoms with Crippen LogP contribution in [0.1, 0.15) is 23.6 Å². The summed E-state index contributed by atoms with van der Waals surface area (Å²) in [7, 11) is 0. The van der Waals surface area contributed by atoms with Gasteiger partial charge in [-0.15, -0.1) is 0 Å². The van der Waals surface area contributed by atoms with Crippen molar-refractivity contribution in [3.8, 4) is 11.5 Å². The van der Waals surface area contributed by atoms with Crippen molar-refractivity contribution in [1.29, 1.82) is 0 Å². The maximum Gasteiger partial charge on any atom is 0.161 e. The van der Waals surface area contributed by atoms with Crippen LogP contribution < -0.4 is 14.9 Å². The molecule has 0 radical (unpaired) electrons. The first kappa shape index (κ1) is 18.5. The highest BCUT2D eigenvalue weighted by molar-refractivity contribution is 5.80. The Morgan fingerprint density at radius 3 is 2.22 bits per heavy atom. The highest BCUT2D eigenvalue weighted by atomic mass is 16.5. The van der Waals surface area contributed by atoms with Gasteiger partial charge in [0.25, 0.3) is 0 Å². The molecule has 4 heteroatoms. The normalized spacial score (nSPS) is 10.7. The average Bonchev–Trinajstić information content (AvgIpc) is 2.72. The van der Waals surface area contributed by atoms with Crippen molar-refractivity contribution in [2.75, 3.05) is 6.61 Å². The first-order chi connectivity index (χ1) is 13.3. The predicted molar refractivity (Wildman–Crippen MR) is 109 cm³/mol. The molecule has 0 aromatic heterocycles. The van der Waals surface area contributed by atoms with Crippen molar-refractivity contribution in [2.24, 2.45) is 5.10 Å². The standard InChI is InChI=1S/C23H24N2O2/c1-2-26-23-15-21(17-25-24-16-19-9-5-3-6-10-19)13-14-22(23)27-18-20-11-7-4-8-12-20/h3-15,17,24H,2,16,18H2,1H3. The van der Waals surface area contributed by atoms with E-state index in [0.717, 1.165) is 22.6 Å². The third kappa shape index (κ3) is 5.89. The molecule has 0 spiro atoms. The highest BCUT2D eigenvalue weighted by Gasteiger charge is 2.06. The quantitative estimate of drug-likeness (QED) is 0.441. The van der Waals surface area contributed by atoms with Crippen molar-refractivity contribution >= 4 is 6.21 Å². The van der Waals surface area contributed by atoms with Gasteiger partial charge in [0.1, 0.15) is 6.61 Å². The van der Waals surface area contributed by atoms with Gasteiger partial charge in [-0.05, 0) is 41.8 Å². The minimum Gasteiger partial charge on any atom is -0.490 e. The van der Waals surface area contributed by atoms with Gasteiger partial charge in [-0.3, -0.25) is 0 Å². The van der Waals surface area contributed by atoms with E-state index in [4.69, 9.17) is 9.47 Å². The summed E-state index contributed by atoms with van der Waals surface area (Å²) in [5.74, 6) is 1.45. The molecule has 0 saturated heterocycles. The van der Waals surface area contributed by atoms with Crippen LogP contribution in [0.2, 0.25) is 0 Å². The van der Waals surface area contributed by atoms with Crippen molar-refractivity contribution in [3.05, 3.63) is 95.6 Å². The molecule has 0 fully saturated rings. The minimum atomic E-state index is 0.507. The van der Waals surface area contributed by atoms with Crippen LogP contribution >= 0.6 is 0 Å². The smallest absolute Gasteiger partial charge is 0.161 e. The van der Waals surface area contributed by atoms with Crippen LogP contribution in [-0.4, -0.2) is 12.8 Å². The van der Waals surface area contributed by atoms with Crippen LogP contribution in [0.5, 0.6) is 11.5 Å². The summed E-state index contributed by atoms with van der Waals surface area (Å²) < 4.78 is 11.7. The van der Waals surface area contributed by atoms with Crippen LogP contribution in [0, 0.1) is 0 Å². The van der Waals surface area contributed by atoms with Crippen molar-refractivity contribution in [2.45, 2.75) is 20.1 Å². The van der Waals surface area contributed by atoms with Crippen LogP contribution in [0.4, 0.5) is 0 Å². The topological polar surface area (TPSA) is 42.8 Å². The van der Waals surface area contributed by atoms with Gasteiger partial charge in [0, 0.05) is 0 Å². The number of hydrogen-bond donors (Lipinski definition) is 1. The molecule has 0 amide bonds. The van der Waals surface area contributed by atoms with E-state index in [1.54, 1.807) is 6.21 Å². The van der Waals surface area contributed by atoms with Gasteiger partial charge >= 0.3 is 0 Å². The Hall–Kier alpha value is -3.27. The molecule has 0 aliphatic carbocycles. The maximum absolute atomic E-state index is 5.93. The van der Waals surface area contributed by atoms with E-state index in [1.807, 2.05) is 73.7 Å². The van der Waals surface area contributed by atoms with E-state index >= 15 is 0 Å². The van der Waals surface area contributed by atoms with Gasteiger partial charge in [0.05, 0.1) is 19.4 Å². The number of hydrogen-bond acceptors (Lipinski definition) is 4. The molecule has 27 heavy (non-hydrogen) atoms. The fraction of sp³-hybridized carbons (Fsp3) is 0.174. The number of nitrogens with zero attached hydrogens (tertiary/aromatic N) is 1. The van der Waals surface area contributed by atoms with E-state index in [9.17, 15) is 0 Å². The second-order valence-electron chi connectivity index (χ2n) is 5.99. The zero-order valence-corrected chi connectivity index (χ0v) is 15.5. The molecule has 0 bridgehead atoms. The van der Waals surface area contributed by atoms with Gasteiger partial charge in [-0.1, -0.05) is 60.7 Å². The molecule has 1 N–H and O–H groups in total. The SMILES string of the molecule is CCOc1cc(C=NNCc2ccccc2)ccc1OCc1ccccc1. The lowest BCUT2D eigenvalue weighted by Crippen LogP contribution is -2.05. The minimum absolute atomic E-state index is 0.507. The zero-order valence-electron chi connectivity index (χ0n) is 15.5. The molecular formula is C23H24N2O2. The summed E-state index contributed by atoms with van der Waals surface area (Å²) in [6.07, 6.45) is 1.78. The Morgan fingerprint density at radius 2 is 1.52 bits per heavy atom. The Morgan fingerprint density at radius 1 is 0.815 bits per heavy atom. The van der Waals surface area contributed by atoms with Gasteiger partial charge in [-0.2, -0.15) is 5.10 Å². The van der Waals surface area contributed by atoms with Crippen LogP contribution in [0.25, 0.3) is 0 Å². The summed E-state index contributed by atoms with van der Waals surface area (Å²) in [4.78, 5) is 0. The van der Waals surface area contributed by atoms with Crippen LogP contribution in [0.3, 0.4) is 0 Å². The van der Waals surface area contributed by atoms with Crippen molar-refractivity contribution in [3.63, 3.8) is 0 Å². The molecule has 3 aromatic rings. The average molecular weight is 360 g/mol. The highest BCUT2D eigenvalue weighted by Crippen LogP contribution is 2.28. The molecule has 0 unspecified atom stereocenters. The Bertz CT molecular complexity index is 849. The number of rotatable bonds is 9. The second-order valence-corrected chi connectivity index (χ2v) is 5.99. The van der Waals surface area contributed by atoms with Crippen molar-refractivity contribution < 1.29 is 9.47 Å². The Kier molecular flexibility index (Phi) is 6.87. The molecule has 138 valence electrons. The fourth-order valence-corrected chi connectivity index (χ4v) is 2.58. The van der Waals surface area contributed by atoms with Crippen molar-refractivity contribution in [1.82, 2.24) is 5.43 Å². The summed E-state index contributed by atoms with van der Waals surface area (Å²) in [5.41, 5.74) is 6.32. The van der Waals surface area contributed by atoms with Gasteiger partial charge in [-0.25, -0.2) is 0 Å². The van der Waals surface area contributed by atoms with E-state index in [1.165, 1.54) is 5.56 Å². The number of hydrazone groups is 1. The molecule has 4 nitrogen and oxygen atoms in total. The fourth-order valence-electron chi connectivity index (χ4n) is 2.58. The molecule has 0 aliphatic rings. The lowest BCUT2D eigenvalue weighted by molar-refractivity contribution is 0.269. The van der Waals surface area contributed by atoms with Gasteiger partial charge in [0.2, 0.25) is 0 Å². The Balaban J connectivity index is 1.61. The van der Waals surface area contributed by atoms with E-state index in [2.05, 4.69) is 22.7 Å². The second kappa shape index (κ2) is 10.0. The maximum atomic E-state index is 5.93. The van der Waals surface area contributed by atoms with Gasteiger partial charge < -0.3 is 14.9 Å². The largest absolute Gasteiger partial charge is 0.490 e. The molecule has 0 heterocycles. The first-order valence-electron chi connectivity index (χ1n) is 9.08. The lowest BCUT2D eigenvalue weighted by atomic mass is 10.2. The lowest BCUT2D eigenvalue weighted by Gasteiger charge is -2.12. The molecule has 0 atom stereocenters. The summed E-state index contributed by atoms with van der Waals surface area (Å²) in [6.45, 7) is 3.73. The molecule has 3 rings (SSSR count). The third-order valence-electron chi connectivity index (χ3n) is 3.94. The molecular weight excluding hydrogens is 336 g/mol. The molecule has 0 saturated carbocycles. The molecule has 3 aromatic carbocycles. The Labute approximate surface area is 160 Å².